The van der Waals surface area contributed by atoms with Crippen LogP contribution >= 0.6 is 0 Å². The number of hydrogen-bond acceptors (Lipinski definition) is 4. The smallest absolute Gasteiger partial charge is 0.251 e. The lowest BCUT2D eigenvalue weighted by Crippen LogP contribution is -2.48. The van der Waals surface area contributed by atoms with Crippen LogP contribution in [0.5, 0.6) is 0 Å². The molecule has 1 atom stereocenters. The SMILES string of the molecule is CC(C)N(C)S(=O)(=O)c1ccc(C(=O)NC(Cc2ccccc2)C(=O)NC2CC2)cc1. The maximum atomic E-state index is 12.8. The van der Waals surface area contributed by atoms with Gasteiger partial charge in [0.1, 0.15) is 6.04 Å². The Labute approximate surface area is 183 Å². The zero-order chi connectivity index (χ0) is 22.6. The number of nitrogens with zero attached hydrogens (tertiary/aromatic N) is 1. The first-order valence-electron chi connectivity index (χ1n) is 10.4. The number of hydrogen-bond donors (Lipinski definition) is 2. The van der Waals surface area contributed by atoms with Crippen LogP contribution in [0.1, 0.15) is 42.6 Å². The van der Waals surface area contributed by atoms with E-state index in [1.807, 2.05) is 30.3 Å². The maximum Gasteiger partial charge on any atom is 0.251 e. The molecule has 0 heterocycles. The molecule has 2 amide bonds. The number of nitrogens with one attached hydrogen (secondary N) is 2. The molecule has 1 saturated carbocycles. The molecular formula is C23H29N3O4S. The van der Waals surface area contributed by atoms with Crippen LogP contribution < -0.4 is 10.6 Å². The summed E-state index contributed by atoms with van der Waals surface area (Å²) in [5.74, 6) is -0.634. The molecule has 2 N–H and O–H groups in total. The van der Waals surface area contributed by atoms with Crippen molar-refractivity contribution >= 4 is 21.8 Å². The minimum Gasteiger partial charge on any atom is -0.352 e. The molecule has 8 heteroatoms. The van der Waals surface area contributed by atoms with Gasteiger partial charge in [-0.3, -0.25) is 9.59 Å². The Morgan fingerprint density at radius 3 is 2.19 bits per heavy atom. The number of benzene rings is 2. The first-order valence-corrected chi connectivity index (χ1v) is 11.9. The summed E-state index contributed by atoms with van der Waals surface area (Å²) in [6.07, 6.45) is 2.29. The fraction of sp³-hybridized carbons (Fsp3) is 0.391. The van der Waals surface area contributed by atoms with Crippen LogP contribution in [-0.4, -0.2) is 49.7 Å². The van der Waals surface area contributed by atoms with Crippen molar-refractivity contribution in [1.82, 2.24) is 14.9 Å². The van der Waals surface area contributed by atoms with Gasteiger partial charge < -0.3 is 10.6 Å². The summed E-state index contributed by atoms with van der Waals surface area (Å²) in [5.41, 5.74) is 1.24. The van der Waals surface area contributed by atoms with E-state index in [0.717, 1.165) is 18.4 Å². The number of rotatable bonds is 9. The molecule has 166 valence electrons. The first-order chi connectivity index (χ1) is 14.7. The highest BCUT2D eigenvalue weighted by atomic mass is 32.2. The molecule has 0 radical (unpaired) electrons. The Kier molecular flexibility index (Phi) is 7.12. The first kappa shape index (κ1) is 23.0. The van der Waals surface area contributed by atoms with Crippen molar-refractivity contribution in [2.45, 2.75) is 56.1 Å². The standard InChI is InChI=1S/C23H29N3O4S/c1-16(2)26(3)31(29,30)20-13-9-18(10-14-20)22(27)25-21(23(28)24-19-11-12-19)15-17-7-5-4-6-8-17/h4-10,13-14,16,19,21H,11-12,15H2,1-3H3,(H,24,28)(H,25,27). The summed E-state index contributed by atoms with van der Waals surface area (Å²) in [5, 5.41) is 5.75. The van der Waals surface area contributed by atoms with E-state index < -0.39 is 22.0 Å². The summed E-state index contributed by atoms with van der Waals surface area (Å²) >= 11 is 0. The molecule has 1 aliphatic carbocycles. The third-order valence-electron chi connectivity index (χ3n) is 5.35. The van der Waals surface area contributed by atoms with Crippen LogP contribution in [0.2, 0.25) is 0 Å². The summed E-state index contributed by atoms with van der Waals surface area (Å²) in [7, 11) is -2.11. The molecule has 7 nitrogen and oxygen atoms in total. The normalized spacial score (nSPS) is 15.0. The Balaban J connectivity index is 1.74. The van der Waals surface area contributed by atoms with E-state index in [-0.39, 0.29) is 22.9 Å². The number of sulfonamides is 1. The maximum absolute atomic E-state index is 12.8. The minimum atomic E-state index is -3.63. The predicted molar refractivity (Wildman–Crippen MR) is 119 cm³/mol. The van der Waals surface area contributed by atoms with E-state index >= 15 is 0 Å². The fourth-order valence-corrected chi connectivity index (χ4v) is 4.42. The van der Waals surface area contributed by atoms with Gasteiger partial charge in [0, 0.05) is 31.1 Å². The predicted octanol–water partition coefficient (Wildman–Crippen LogP) is 2.34. The van der Waals surface area contributed by atoms with Crippen LogP contribution in [0.4, 0.5) is 0 Å². The minimum absolute atomic E-state index is 0.118. The zero-order valence-electron chi connectivity index (χ0n) is 18.0. The van der Waals surface area contributed by atoms with Gasteiger partial charge in [-0.15, -0.1) is 0 Å². The lowest BCUT2D eigenvalue weighted by atomic mass is 10.0. The van der Waals surface area contributed by atoms with E-state index in [9.17, 15) is 18.0 Å². The van der Waals surface area contributed by atoms with E-state index in [4.69, 9.17) is 0 Å². The molecule has 0 saturated heterocycles. The van der Waals surface area contributed by atoms with Crippen molar-refractivity contribution in [3.63, 3.8) is 0 Å². The van der Waals surface area contributed by atoms with Gasteiger partial charge in [-0.1, -0.05) is 30.3 Å². The van der Waals surface area contributed by atoms with E-state index in [2.05, 4.69) is 10.6 Å². The Bertz CT molecular complexity index is 1020. The summed E-state index contributed by atoms with van der Waals surface area (Å²) in [6, 6.07) is 14.5. The second kappa shape index (κ2) is 9.62. The van der Waals surface area contributed by atoms with Crippen LogP contribution in [-0.2, 0) is 21.2 Å². The van der Waals surface area contributed by atoms with Gasteiger partial charge in [-0.2, -0.15) is 4.31 Å². The molecule has 2 aromatic carbocycles. The van der Waals surface area contributed by atoms with Gasteiger partial charge in [0.05, 0.1) is 4.90 Å². The number of amides is 2. The summed E-state index contributed by atoms with van der Waals surface area (Å²) in [6.45, 7) is 3.58. The van der Waals surface area contributed by atoms with Crippen LogP contribution in [0.25, 0.3) is 0 Å². The average molecular weight is 444 g/mol. The molecule has 0 spiro atoms. The molecule has 1 fully saturated rings. The Morgan fingerprint density at radius 1 is 1.03 bits per heavy atom. The highest BCUT2D eigenvalue weighted by molar-refractivity contribution is 7.89. The summed E-state index contributed by atoms with van der Waals surface area (Å²) in [4.78, 5) is 25.6. The zero-order valence-corrected chi connectivity index (χ0v) is 18.9. The van der Waals surface area contributed by atoms with Crippen molar-refractivity contribution < 1.29 is 18.0 Å². The van der Waals surface area contributed by atoms with Gasteiger partial charge in [0.15, 0.2) is 0 Å². The third-order valence-corrected chi connectivity index (χ3v) is 7.40. The van der Waals surface area contributed by atoms with E-state index in [1.54, 1.807) is 13.8 Å². The molecule has 3 rings (SSSR count). The summed E-state index contributed by atoms with van der Waals surface area (Å²) < 4.78 is 26.5. The molecule has 1 aliphatic rings. The third kappa shape index (κ3) is 5.92. The molecule has 31 heavy (non-hydrogen) atoms. The van der Waals surface area contributed by atoms with Crippen molar-refractivity contribution in [2.24, 2.45) is 0 Å². The molecule has 1 unspecified atom stereocenters. The molecule has 0 bridgehead atoms. The van der Waals surface area contributed by atoms with Crippen molar-refractivity contribution in [1.29, 1.82) is 0 Å². The Morgan fingerprint density at radius 2 is 1.65 bits per heavy atom. The van der Waals surface area contributed by atoms with Crippen LogP contribution in [0.3, 0.4) is 0 Å². The second-order valence-electron chi connectivity index (χ2n) is 8.14. The lowest BCUT2D eigenvalue weighted by Gasteiger charge is -2.21. The highest BCUT2D eigenvalue weighted by Crippen LogP contribution is 2.20. The average Bonchev–Trinajstić information content (AvgIpc) is 3.57. The van der Waals surface area contributed by atoms with Crippen molar-refractivity contribution in [3.8, 4) is 0 Å². The van der Waals surface area contributed by atoms with Crippen molar-refractivity contribution in [3.05, 3.63) is 65.7 Å². The van der Waals surface area contributed by atoms with Gasteiger partial charge in [0.25, 0.3) is 5.91 Å². The second-order valence-corrected chi connectivity index (χ2v) is 10.1. The van der Waals surface area contributed by atoms with Crippen LogP contribution in [0, 0.1) is 0 Å². The molecular weight excluding hydrogens is 414 g/mol. The van der Waals surface area contributed by atoms with Gasteiger partial charge in [0.2, 0.25) is 15.9 Å². The molecule has 2 aromatic rings. The quantitative estimate of drug-likeness (QED) is 0.622. The van der Waals surface area contributed by atoms with Gasteiger partial charge >= 0.3 is 0 Å². The van der Waals surface area contributed by atoms with E-state index in [0.29, 0.717) is 12.0 Å². The van der Waals surface area contributed by atoms with Crippen LogP contribution in [0.15, 0.2) is 59.5 Å². The molecule has 0 aliphatic heterocycles. The van der Waals surface area contributed by atoms with Gasteiger partial charge in [-0.25, -0.2) is 8.42 Å². The molecule has 0 aromatic heterocycles. The largest absolute Gasteiger partial charge is 0.352 e. The Hall–Kier alpha value is -2.71. The fourth-order valence-electron chi connectivity index (χ4n) is 3.05. The monoisotopic (exact) mass is 443 g/mol. The number of carbonyl (C=O) groups is 2. The van der Waals surface area contributed by atoms with E-state index in [1.165, 1.54) is 35.6 Å². The number of carbonyl (C=O) groups excluding carboxylic acids is 2. The topological polar surface area (TPSA) is 95.6 Å². The lowest BCUT2D eigenvalue weighted by molar-refractivity contribution is -0.123. The van der Waals surface area contributed by atoms with Gasteiger partial charge in [-0.05, 0) is 56.5 Å². The highest BCUT2D eigenvalue weighted by Gasteiger charge is 2.29. The van der Waals surface area contributed by atoms with Crippen molar-refractivity contribution in [2.75, 3.05) is 7.05 Å².